The summed E-state index contributed by atoms with van der Waals surface area (Å²) in [5, 5.41) is 6.73. The standard InChI is InChI=1S/C24H22BrFIN3O3/c1-3-32-22-12-16(11-21(27)23(22)33-14-17-6-4-5-7-20(17)26)13-28-30-24(31)29-18-8-9-19(25)15(2)10-18/h4-13H,3,14H2,1-2H3,(H2,29,30,31)/b28-13+. The van der Waals surface area contributed by atoms with Crippen molar-refractivity contribution in [3.05, 3.63) is 85.1 Å². The average Bonchev–Trinajstić information content (AvgIpc) is 2.77. The SMILES string of the molecule is CCOc1cc(/C=N/NC(=O)Nc2ccc(Br)c(C)c2)cc(I)c1OCc1ccccc1F. The van der Waals surface area contributed by atoms with Crippen LogP contribution in [0.5, 0.6) is 11.5 Å². The topological polar surface area (TPSA) is 72.0 Å². The van der Waals surface area contributed by atoms with Crippen LogP contribution >= 0.6 is 38.5 Å². The maximum absolute atomic E-state index is 13.9. The number of halogens is 3. The van der Waals surface area contributed by atoms with E-state index in [1.54, 1.807) is 30.3 Å². The van der Waals surface area contributed by atoms with Gasteiger partial charge in [0, 0.05) is 15.7 Å². The molecule has 6 nitrogen and oxygen atoms in total. The predicted molar refractivity (Wildman–Crippen MR) is 140 cm³/mol. The van der Waals surface area contributed by atoms with Crippen LogP contribution in [0.25, 0.3) is 0 Å². The van der Waals surface area contributed by atoms with Crippen molar-refractivity contribution >= 4 is 56.5 Å². The minimum absolute atomic E-state index is 0.0768. The van der Waals surface area contributed by atoms with E-state index in [0.717, 1.165) is 13.6 Å². The Balaban J connectivity index is 1.67. The lowest BCUT2D eigenvalue weighted by molar-refractivity contribution is 0.252. The minimum atomic E-state index is -0.461. The molecular formula is C24H22BrFIN3O3. The molecule has 0 unspecified atom stereocenters. The quantitative estimate of drug-likeness (QED) is 0.168. The highest BCUT2D eigenvalue weighted by Crippen LogP contribution is 2.34. The van der Waals surface area contributed by atoms with Gasteiger partial charge in [-0.2, -0.15) is 5.10 Å². The van der Waals surface area contributed by atoms with E-state index in [2.05, 4.69) is 54.4 Å². The van der Waals surface area contributed by atoms with E-state index in [4.69, 9.17) is 9.47 Å². The number of ether oxygens (including phenoxy) is 2. The molecule has 3 aromatic carbocycles. The number of hydrazone groups is 1. The van der Waals surface area contributed by atoms with Crippen LogP contribution in [-0.2, 0) is 6.61 Å². The van der Waals surface area contributed by atoms with Crippen molar-refractivity contribution in [1.29, 1.82) is 0 Å². The lowest BCUT2D eigenvalue weighted by atomic mass is 10.2. The number of rotatable bonds is 8. The molecule has 0 fully saturated rings. The van der Waals surface area contributed by atoms with Crippen LogP contribution in [0.2, 0.25) is 0 Å². The van der Waals surface area contributed by atoms with Gasteiger partial charge in [0.2, 0.25) is 0 Å². The van der Waals surface area contributed by atoms with Gasteiger partial charge in [-0.15, -0.1) is 0 Å². The van der Waals surface area contributed by atoms with Gasteiger partial charge in [-0.05, 0) is 84.0 Å². The largest absolute Gasteiger partial charge is 0.490 e. The van der Waals surface area contributed by atoms with Gasteiger partial charge in [-0.3, -0.25) is 0 Å². The Bertz CT molecular complexity index is 1170. The van der Waals surface area contributed by atoms with E-state index >= 15 is 0 Å². The highest BCUT2D eigenvalue weighted by Gasteiger charge is 2.13. The fourth-order valence-electron chi connectivity index (χ4n) is 2.88. The number of anilines is 1. The van der Waals surface area contributed by atoms with Gasteiger partial charge in [0.1, 0.15) is 12.4 Å². The Morgan fingerprint density at radius 2 is 1.97 bits per heavy atom. The average molecular weight is 626 g/mol. The first-order valence-electron chi connectivity index (χ1n) is 10.1. The summed E-state index contributed by atoms with van der Waals surface area (Å²) in [6.07, 6.45) is 1.51. The maximum Gasteiger partial charge on any atom is 0.339 e. The number of hydrogen-bond donors (Lipinski definition) is 2. The van der Waals surface area contributed by atoms with Gasteiger partial charge in [0.05, 0.1) is 16.4 Å². The molecule has 0 radical (unpaired) electrons. The zero-order chi connectivity index (χ0) is 23.8. The Labute approximate surface area is 213 Å². The summed E-state index contributed by atoms with van der Waals surface area (Å²) in [5.41, 5.74) is 5.28. The number of nitrogens with zero attached hydrogens (tertiary/aromatic N) is 1. The Hall–Kier alpha value is -2.66. The van der Waals surface area contributed by atoms with Crippen LogP contribution in [0.4, 0.5) is 14.9 Å². The zero-order valence-electron chi connectivity index (χ0n) is 18.0. The van der Waals surface area contributed by atoms with Crippen molar-refractivity contribution < 1.29 is 18.7 Å². The molecular weight excluding hydrogens is 604 g/mol. The third-order valence-electron chi connectivity index (χ3n) is 4.46. The molecule has 0 spiro atoms. The second-order valence-corrected chi connectivity index (χ2v) is 8.95. The number of amides is 2. The van der Waals surface area contributed by atoms with Gasteiger partial charge in [-0.1, -0.05) is 34.1 Å². The van der Waals surface area contributed by atoms with E-state index in [1.807, 2.05) is 32.0 Å². The monoisotopic (exact) mass is 625 g/mol. The number of carbonyl (C=O) groups excluding carboxylic acids is 1. The first kappa shape index (κ1) is 25.0. The normalized spacial score (nSPS) is 10.8. The van der Waals surface area contributed by atoms with Crippen LogP contribution in [0.3, 0.4) is 0 Å². The number of benzene rings is 3. The molecule has 2 N–H and O–H groups in total. The highest BCUT2D eigenvalue weighted by molar-refractivity contribution is 14.1. The molecule has 0 saturated carbocycles. The highest BCUT2D eigenvalue weighted by atomic mass is 127. The van der Waals surface area contributed by atoms with E-state index in [0.29, 0.717) is 34.9 Å². The number of aryl methyl sites for hydroxylation is 1. The summed E-state index contributed by atoms with van der Waals surface area (Å²) in [7, 11) is 0. The molecule has 0 aromatic heterocycles. The molecule has 2 amide bonds. The van der Waals surface area contributed by atoms with Gasteiger partial charge in [-0.25, -0.2) is 14.6 Å². The number of urea groups is 1. The lowest BCUT2D eigenvalue weighted by Gasteiger charge is -2.15. The summed E-state index contributed by atoms with van der Waals surface area (Å²) in [4.78, 5) is 12.1. The molecule has 0 atom stereocenters. The van der Waals surface area contributed by atoms with E-state index in [9.17, 15) is 9.18 Å². The molecule has 0 aliphatic heterocycles. The van der Waals surface area contributed by atoms with Gasteiger partial charge in [0.25, 0.3) is 0 Å². The zero-order valence-corrected chi connectivity index (χ0v) is 21.7. The molecule has 172 valence electrons. The molecule has 0 aliphatic carbocycles. The fourth-order valence-corrected chi connectivity index (χ4v) is 3.91. The third kappa shape index (κ3) is 7.16. The summed E-state index contributed by atoms with van der Waals surface area (Å²) in [6.45, 7) is 4.31. The molecule has 0 aliphatic rings. The van der Waals surface area contributed by atoms with Crippen molar-refractivity contribution in [2.45, 2.75) is 20.5 Å². The second kappa shape index (κ2) is 12.0. The molecule has 0 saturated heterocycles. The Morgan fingerprint density at radius 3 is 2.70 bits per heavy atom. The predicted octanol–water partition coefficient (Wildman–Crippen LogP) is 6.63. The lowest BCUT2D eigenvalue weighted by Crippen LogP contribution is -2.24. The summed E-state index contributed by atoms with van der Waals surface area (Å²) in [5.74, 6) is 0.711. The summed E-state index contributed by atoms with van der Waals surface area (Å²) in [6, 6.07) is 15.1. The smallest absolute Gasteiger partial charge is 0.339 e. The molecule has 33 heavy (non-hydrogen) atoms. The maximum atomic E-state index is 13.9. The van der Waals surface area contributed by atoms with Crippen LogP contribution in [0, 0.1) is 16.3 Å². The molecule has 9 heteroatoms. The number of hydrogen-bond acceptors (Lipinski definition) is 4. The molecule has 0 heterocycles. The van der Waals surface area contributed by atoms with Crippen LogP contribution in [0.15, 0.2) is 64.2 Å². The van der Waals surface area contributed by atoms with Crippen LogP contribution in [0.1, 0.15) is 23.6 Å². The molecule has 3 aromatic rings. The van der Waals surface area contributed by atoms with Crippen molar-refractivity contribution in [1.82, 2.24) is 5.43 Å². The minimum Gasteiger partial charge on any atom is -0.490 e. The van der Waals surface area contributed by atoms with Crippen molar-refractivity contribution in [2.24, 2.45) is 5.10 Å². The van der Waals surface area contributed by atoms with E-state index < -0.39 is 6.03 Å². The van der Waals surface area contributed by atoms with Crippen LogP contribution < -0.4 is 20.2 Å². The van der Waals surface area contributed by atoms with Crippen molar-refractivity contribution in [3.63, 3.8) is 0 Å². The first-order valence-corrected chi connectivity index (χ1v) is 11.9. The first-order chi connectivity index (χ1) is 15.9. The number of carbonyl (C=O) groups is 1. The van der Waals surface area contributed by atoms with Gasteiger partial charge in [0.15, 0.2) is 11.5 Å². The molecule has 0 bridgehead atoms. The Kier molecular flexibility index (Phi) is 9.07. The van der Waals surface area contributed by atoms with Gasteiger partial charge < -0.3 is 14.8 Å². The molecule has 3 rings (SSSR count). The third-order valence-corrected chi connectivity index (χ3v) is 6.15. The summed E-state index contributed by atoms with van der Waals surface area (Å²) < 4.78 is 27.2. The van der Waals surface area contributed by atoms with E-state index in [-0.39, 0.29) is 12.4 Å². The van der Waals surface area contributed by atoms with Crippen molar-refractivity contribution in [3.8, 4) is 11.5 Å². The second-order valence-electron chi connectivity index (χ2n) is 6.93. The fraction of sp³-hybridized carbons (Fsp3) is 0.167. The van der Waals surface area contributed by atoms with Crippen LogP contribution in [-0.4, -0.2) is 18.9 Å². The Morgan fingerprint density at radius 1 is 1.18 bits per heavy atom. The number of nitrogens with one attached hydrogen (secondary N) is 2. The summed E-state index contributed by atoms with van der Waals surface area (Å²) >= 11 is 5.55. The van der Waals surface area contributed by atoms with E-state index in [1.165, 1.54) is 12.3 Å². The van der Waals surface area contributed by atoms with Crippen molar-refractivity contribution in [2.75, 3.05) is 11.9 Å². The van der Waals surface area contributed by atoms with Gasteiger partial charge >= 0.3 is 6.03 Å².